The number of aromatic amines is 1. The molecular weight excluding hydrogens is 540 g/mol. The summed E-state index contributed by atoms with van der Waals surface area (Å²) >= 11 is 6.01. The maximum atomic E-state index is 14.0. The molecule has 0 fully saturated rings. The fourth-order valence-electron chi connectivity index (χ4n) is 5.02. The molecule has 3 aromatic carbocycles. The number of ether oxygens (including phenoxy) is 1. The van der Waals surface area contributed by atoms with Crippen LogP contribution in [0.1, 0.15) is 48.5 Å². The number of rotatable bonds is 9. The molecule has 210 valence electrons. The van der Waals surface area contributed by atoms with E-state index >= 15 is 0 Å². The van der Waals surface area contributed by atoms with Gasteiger partial charge in [-0.25, -0.2) is 9.78 Å². The van der Waals surface area contributed by atoms with E-state index in [1.54, 1.807) is 11.5 Å². The minimum absolute atomic E-state index is 0.0795. The Morgan fingerprint density at radius 3 is 2.39 bits per heavy atom. The van der Waals surface area contributed by atoms with E-state index in [9.17, 15) is 9.59 Å². The van der Waals surface area contributed by atoms with E-state index in [0.717, 1.165) is 45.6 Å². The van der Waals surface area contributed by atoms with Crippen LogP contribution >= 0.6 is 11.6 Å². The van der Waals surface area contributed by atoms with E-state index in [2.05, 4.69) is 17.1 Å². The second kappa shape index (κ2) is 12.0. The normalized spacial score (nSPS) is 11.9. The van der Waals surface area contributed by atoms with Crippen LogP contribution in [0.2, 0.25) is 0 Å². The van der Waals surface area contributed by atoms with Crippen LogP contribution in [0.25, 0.3) is 28.2 Å². The first-order valence-corrected chi connectivity index (χ1v) is 14.0. The molecule has 0 saturated heterocycles. The molecular formula is C32H31ClN4O4. The average molecular weight is 571 g/mol. The SMILES string of the molecule is CCCc1nc(C)n(-c2ccc(OC(C)Cl)c(C)c2)c(=O)c1Cc1ccc(-c2ccccc2-c2noc(=O)[nH]2)cc1. The van der Waals surface area contributed by atoms with Gasteiger partial charge in [-0.05, 0) is 67.6 Å². The molecule has 41 heavy (non-hydrogen) atoms. The van der Waals surface area contributed by atoms with Gasteiger partial charge in [-0.15, -0.1) is 0 Å². The Bertz CT molecular complexity index is 1800. The van der Waals surface area contributed by atoms with Crippen molar-refractivity contribution in [1.29, 1.82) is 0 Å². The van der Waals surface area contributed by atoms with Crippen LogP contribution in [0, 0.1) is 13.8 Å². The summed E-state index contributed by atoms with van der Waals surface area (Å²) in [4.78, 5) is 33.0. The molecule has 1 N–H and O–H groups in total. The van der Waals surface area contributed by atoms with Crippen molar-refractivity contribution in [1.82, 2.24) is 19.7 Å². The Morgan fingerprint density at radius 1 is 1.02 bits per heavy atom. The van der Waals surface area contributed by atoms with E-state index in [4.69, 9.17) is 25.8 Å². The minimum Gasteiger partial charge on any atom is -0.475 e. The summed E-state index contributed by atoms with van der Waals surface area (Å²) in [5.41, 5.74) is 6.17. The lowest BCUT2D eigenvalue weighted by molar-refractivity contribution is 0.299. The maximum Gasteiger partial charge on any atom is 0.439 e. The van der Waals surface area contributed by atoms with Gasteiger partial charge in [0.05, 0.1) is 11.4 Å². The Morgan fingerprint density at radius 2 is 1.76 bits per heavy atom. The van der Waals surface area contributed by atoms with Crippen molar-refractivity contribution < 1.29 is 9.26 Å². The van der Waals surface area contributed by atoms with Crippen molar-refractivity contribution in [2.45, 2.75) is 52.5 Å². The smallest absolute Gasteiger partial charge is 0.439 e. The Balaban J connectivity index is 1.50. The van der Waals surface area contributed by atoms with Crippen molar-refractivity contribution in [3.63, 3.8) is 0 Å². The number of halogens is 1. The topological polar surface area (TPSA) is 103 Å². The quantitative estimate of drug-likeness (QED) is 0.207. The van der Waals surface area contributed by atoms with Crippen LogP contribution < -0.4 is 16.1 Å². The molecule has 1 unspecified atom stereocenters. The molecule has 2 aromatic heterocycles. The Hall–Kier alpha value is -4.43. The lowest BCUT2D eigenvalue weighted by Crippen LogP contribution is -2.28. The third-order valence-corrected chi connectivity index (χ3v) is 6.98. The molecule has 0 aliphatic rings. The van der Waals surface area contributed by atoms with E-state index in [1.807, 2.05) is 80.6 Å². The highest BCUT2D eigenvalue weighted by molar-refractivity contribution is 6.19. The van der Waals surface area contributed by atoms with Gasteiger partial charge < -0.3 is 4.74 Å². The van der Waals surface area contributed by atoms with Gasteiger partial charge in [0.15, 0.2) is 11.4 Å². The molecule has 0 radical (unpaired) electrons. The predicted octanol–water partition coefficient (Wildman–Crippen LogP) is 6.37. The van der Waals surface area contributed by atoms with Crippen LogP contribution in [0.15, 0.2) is 80.8 Å². The third kappa shape index (κ3) is 6.02. The molecule has 5 rings (SSSR count). The van der Waals surface area contributed by atoms with E-state index in [0.29, 0.717) is 35.8 Å². The lowest BCUT2D eigenvalue weighted by Gasteiger charge is -2.17. The Kier molecular flexibility index (Phi) is 8.21. The van der Waals surface area contributed by atoms with Crippen LogP contribution in [-0.2, 0) is 12.8 Å². The summed E-state index contributed by atoms with van der Waals surface area (Å²) in [5, 5.41) is 3.85. The summed E-state index contributed by atoms with van der Waals surface area (Å²) in [6.07, 6.45) is 2.04. The zero-order chi connectivity index (χ0) is 29.1. The summed E-state index contributed by atoms with van der Waals surface area (Å²) < 4.78 is 12.0. The molecule has 8 nitrogen and oxygen atoms in total. The van der Waals surface area contributed by atoms with Gasteiger partial charge in [-0.2, -0.15) is 0 Å². The molecule has 0 amide bonds. The van der Waals surface area contributed by atoms with E-state index in [1.165, 1.54) is 0 Å². The molecule has 0 bridgehead atoms. The van der Waals surface area contributed by atoms with Gasteiger partial charge in [-0.1, -0.05) is 78.6 Å². The predicted molar refractivity (Wildman–Crippen MR) is 160 cm³/mol. The van der Waals surface area contributed by atoms with Crippen LogP contribution in [0.5, 0.6) is 5.75 Å². The monoisotopic (exact) mass is 570 g/mol. The van der Waals surface area contributed by atoms with Crippen LogP contribution in [0.4, 0.5) is 0 Å². The van der Waals surface area contributed by atoms with E-state index in [-0.39, 0.29) is 5.56 Å². The third-order valence-electron chi connectivity index (χ3n) is 6.89. The van der Waals surface area contributed by atoms with Gasteiger partial charge in [-0.3, -0.25) is 18.9 Å². The highest BCUT2D eigenvalue weighted by atomic mass is 35.5. The first-order chi connectivity index (χ1) is 19.7. The molecule has 1 atom stereocenters. The van der Waals surface area contributed by atoms with Gasteiger partial charge in [0, 0.05) is 17.5 Å². The Labute approximate surface area is 242 Å². The fourth-order valence-corrected chi connectivity index (χ4v) is 5.11. The molecule has 0 saturated carbocycles. The van der Waals surface area contributed by atoms with Crippen LogP contribution in [-0.4, -0.2) is 25.3 Å². The second-order valence-corrected chi connectivity index (χ2v) is 10.6. The molecule has 9 heteroatoms. The molecule has 0 aliphatic heterocycles. The van der Waals surface area contributed by atoms with E-state index < -0.39 is 11.3 Å². The zero-order valence-corrected chi connectivity index (χ0v) is 24.2. The molecule has 0 aliphatic carbocycles. The standard InChI is InChI=1S/C32H31ClN4O4/c1-5-8-28-27(31(38)37(21(4)34-28)24-15-16-29(19(2)17-24)40-20(3)33)18-22-11-13-23(14-12-22)25-9-6-7-10-26(25)30-35-32(39)41-36-30/h6-7,9-17,20H,5,8,18H2,1-4H3,(H,35,36,39). The number of nitrogens with one attached hydrogen (secondary N) is 1. The number of H-pyrrole nitrogens is 1. The number of alkyl halides is 1. The van der Waals surface area contributed by atoms with Crippen molar-refractivity contribution in [3.8, 4) is 34.0 Å². The first kappa shape index (κ1) is 28.1. The first-order valence-electron chi connectivity index (χ1n) is 13.5. The van der Waals surface area contributed by atoms with Gasteiger partial charge in [0.1, 0.15) is 11.6 Å². The number of hydrogen-bond acceptors (Lipinski definition) is 6. The number of aryl methyl sites for hydroxylation is 3. The summed E-state index contributed by atoms with van der Waals surface area (Å²) in [7, 11) is 0. The maximum absolute atomic E-state index is 14.0. The van der Waals surface area contributed by atoms with Gasteiger partial charge in [0.2, 0.25) is 0 Å². The van der Waals surface area contributed by atoms with Crippen molar-refractivity contribution in [3.05, 3.63) is 116 Å². The van der Waals surface area contributed by atoms with Crippen LogP contribution in [0.3, 0.4) is 0 Å². The van der Waals surface area contributed by atoms with Crippen molar-refractivity contribution >= 4 is 11.6 Å². The lowest BCUT2D eigenvalue weighted by atomic mass is 9.96. The largest absolute Gasteiger partial charge is 0.475 e. The summed E-state index contributed by atoms with van der Waals surface area (Å²) in [6, 6.07) is 21.3. The van der Waals surface area contributed by atoms with Crippen molar-refractivity contribution in [2.75, 3.05) is 0 Å². The average Bonchev–Trinajstić information content (AvgIpc) is 3.38. The second-order valence-electron chi connectivity index (χ2n) is 9.95. The molecule has 0 spiro atoms. The summed E-state index contributed by atoms with van der Waals surface area (Å²) in [6.45, 7) is 7.63. The number of nitrogens with zero attached hydrogens (tertiary/aromatic N) is 3. The summed E-state index contributed by atoms with van der Waals surface area (Å²) in [5.74, 6) is 1.08. The zero-order valence-electron chi connectivity index (χ0n) is 23.4. The highest BCUT2D eigenvalue weighted by Gasteiger charge is 2.18. The van der Waals surface area contributed by atoms with Crippen molar-refractivity contribution in [2.24, 2.45) is 0 Å². The number of aromatic nitrogens is 4. The van der Waals surface area contributed by atoms with Gasteiger partial charge in [0.25, 0.3) is 5.56 Å². The number of benzene rings is 3. The minimum atomic E-state index is -0.602. The molecule has 5 aromatic rings. The fraction of sp³-hybridized carbons (Fsp3) is 0.250. The number of hydrogen-bond donors (Lipinski definition) is 1. The molecule has 2 heterocycles. The van der Waals surface area contributed by atoms with Gasteiger partial charge >= 0.3 is 5.76 Å². The highest BCUT2D eigenvalue weighted by Crippen LogP contribution is 2.30.